The molecule has 0 spiro atoms. The lowest BCUT2D eigenvalue weighted by Gasteiger charge is -2.12. The summed E-state index contributed by atoms with van der Waals surface area (Å²) in [6, 6.07) is 5.53. The molecule has 0 aliphatic rings. The van der Waals surface area contributed by atoms with Gasteiger partial charge in [-0.1, -0.05) is 25.1 Å². The van der Waals surface area contributed by atoms with Crippen LogP contribution in [0.25, 0.3) is 0 Å². The maximum atomic E-state index is 11.7. The molecule has 4 nitrogen and oxygen atoms in total. The normalized spacial score (nSPS) is 11.9. The van der Waals surface area contributed by atoms with Gasteiger partial charge in [0.1, 0.15) is 6.04 Å². The largest absolute Gasteiger partial charge is 0.480 e. The first-order chi connectivity index (χ1) is 9.43. The number of aliphatic carboxylic acids is 1. The Labute approximate surface area is 120 Å². The van der Waals surface area contributed by atoms with E-state index in [4.69, 9.17) is 5.11 Å². The Kier molecular flexibility index (Phi) is 6.22. The first kappa shape index (κ1) is 16.2. The number of hydrogen-bond acceptors (Lipinski definition) is 2. The molecule has 0 heterocycles. The summed E-state index contributed by atoms with van der Waals surface area (Å²) < 4.78 is 0. The van der Waals surface area contributed by atoms with E-state index in [1.807, 2.05) is 0 Å². The lowest BCUT2D eigenvalue weighted by molar-refractivity contribution is -0.141. The van der Waals surface area contributed by atoms with E-state index in [1.54, 1.807) is 6.92 Å². The van der Waals surface area contributed by atoms with Gasteiger partial charge >= 0.3 is 5.97 Å². The molecule has 0 radical (unpaired) electrons. The molecule has 0 aliphatic heterocycles. The van der Waals surface area contributed by atoms with Crippen LogP contribution in [0.15, 0.2) is 18.2 Å². The smallest absolute Gasteiger partial charge is 0.326 e. The Morgan fingerprint density at radius 3 is 2.50 bits per heavy atom. The molecule has 0 fully saturated rings. The predicted molar refractivity (Wildman–Crippen MR) is 78.7 cm³/mol. The molecule has 0 aliphatic carbocycles. The summed E-state index contributed by atoms with van der Waals surface area (Å²) in [6.45, 7) is 5.89. The minimum absolute atomic E-state index is 0.192. The third-order valence-corrected chi connectivity index (χ3v) is 3.48. The fourth-order valence-electron chi connectivity index (χ4n) is 2.02. The van der Waals surface area contributed by atoms with Crippen molar-refractivity contribution < 1.29 is 14.7 Å². The lowest BCUT2D eigenvalue weighted by Crippen LogP contribution is -2.40. The Morgan fingerprint density at radius 2 is 1.95 bits per heavy atom. The molecule has 1 rings (SSSR count). The fraction of sp³-hybridized carbons (Fsp3) is 0.500. The van der Waals surface area contributed by atoms with Crippen LogP contribution in [0.4, 0.5) is 0 Å². The Bertz CT molecular complexity index is 483. The van der Waals surface area contributed by atoms with E-state index in [0.29, 0.717) is 12.8 Å². The summed E-state index contributed by atoms with van der Waals surface area (Å²) in [5, 5.41) is 11.4. The minimum atomic E-state index is -0.977. The third-order valence-electron chi connectivity index (χ3n) is 3.48. The van der Waals surface area contributed by atoms with Crippen LogP contribution in [0.2, 0.25) is 0 Å². The number of carbonyl (C=O) groups excluding carboxylic acids is 1. The monoisotopic (exact) mass is 277 g/mol. The van der Waals surface area contributed by atoms with E-state index < -0.39 is 12.0 Å². The molecule has 1 amide bonds. The molecule has 0 aromatic heterocycles. The van der Waals surface area contributed by atoms with Gasteiger partial charge < -0.3 is 10.4 Å². The van der Waals surface area contributed by atoms with Crippen LogP contribution in [-0.4, -0.2) is 23.0 Å². The topological polar surface area (TPSA) is 66.4 Å². The average Bonchev–Trinajstić information content (AvgIpc) is 2.39. The highest BCUT2D eigenvalue weighted by atomic mass is 16.4. The van der Waals surface area contributed by atoms with E-state index in [9.17, 15) is 9.59 Å². The SMILES string of the molecule is CCC(NC(=O)CCCc1ccc(C)c(C)c1)C(=O)O. The van der Waals surface area contributed by atoms with E-state index >= 15 is 0 Å². The number of aryl methyl sites for hydroxylation is 3. The highest BCUT2D eigenvalue weighted by Gasteiger charge is 2.16. The number of rotatable bonds is 7. The number of nitrogens with one attached hydrogen (secondary N) is 1. The number of carbonyl (C=O) groups is 2. The average molecular weight is 277 g/mol. The quantitative estimate of drug-likeness (QED) is 0.805. The molecular formula is C16H23NO3. The Hall–Kier alpha value is -1.84. The van der Waals surface area contributed by atoms with Gasteiger partial charge in [0.25, 0.3) is 0 Å². The highest BCUT2D eigenvalue weighted by molar-refractivity contribution is 5.83. The van der Waals surface area contributed by atoms with Crippen LogP contribution in [0.5, 0.6) is 0 Å². The van der Waals surface area contributed by atoms with Crippen molar-refractivity contribution in [3.05, 3.63) is 34.9 Å². The van der Waals surface area contributed by atoms with Gasteiger partial charge in [0.05, 0.1) is 0 Å². The summed E-state index contributed by atoms with van der Waals surface area (Å²) in [7, 11) is 0. The van der Waals surface area contributed by atoms with Crippen molar-refractivity contribution in [2.24, 2.45) is 0 Å². The molecule has 1 aromatic carbocycles. The van der Waals surface area contributed by atoms with Gasteiger partial charge in [-0.3, -0.25) is 4.79 Å². The van der Waals surface area contributed by atoms with Gasteiger partial charge in [0, 0.05) is 6.42 Å². The van der Waals surface area contributed by atoms with Crippen molar-refractivity contribution in [2.75, 3.05) is 0 Å². The number of hydrogen-bond donors (Lipinski definition) is 2. The van der Waals surface area contributed by atoms with E-state index in [2.05, 4.69) is 37.4 Å². The van der Waals surface area contributed by atoms with Crippen LogP contribution in [-0.2, 0) is 16.0 Å². The zero-order valence-electron chi connectivity index (χ0n) is 12.4. The first-order valence-corrected chi connectivity index (χ1v) is 7.02. The molecule has 0 saturated heterocycles. The summed E-state index contributed by atoms with van der Waals surface area (Å²) >= 11 is 0. The molecule has 1 unspecified atom stereocenters. The second-order valence-corrected chi connectivity index (χ2v) is 5.14. The van der Waals surface area contributed by atoms with Crippen LogP contribution in [0, 0.1) is 13.8 Å². The van der Waals surface area contributed by atoms with Crippen LogP contribution in [0.1, 0.15) is 42.9 Å². The van der Waals surface area contributed by atoms with Gasteiger partial charge in [0.15, 0.2) is 0 Å². The van der Waals surface area contributed by atoms with Crippen LogP contribution in [0.3, 0.4) is 0 Å². The van der Waals surface area contributed by atoms with Crippen LogP contribution < -0.4 is 5.32 Å². The molecule has 2 N–H and O–H groups in total. The minimum Gasteiger partial charge on any atom is -0.480 e. The predicted octanol–water partition coefficient (Wildman–Crippen LogP) is 2.61. The second-order valence-electron chi connectivity index (χ2n) is 5.14. The number of carboxylic acid groups (broad SMARTS) is 1. The van der Waals surface area contributed by atoms with Crippen molar-refractivity contribution in [3.63, 3.8) is 0 Å². The molecule has 0 saturated carbocycles. The van der Waals surface area contributed by atoms with E-state index in [-0.39, 0.29) is 5.91 Å². The van der Waals surface area contributed by atoms with Crippen molar-refractivity contribution >= 4 is 11.9 Å². The van der Waals surface area contributed by atoms with Gasteiger partial charge in [-0.05, 0) is 49.8 Å². The number of amides is 1. The molecule has 0 bridgehead atoms. The summed E-state index contributed by atoms with van der Waals surface area (Å²) in [4.78, 5) is 22.5. The second kappa shape index (κ2) is 7.68. The fourth-order valence-corrected chi connectivity index (χ4v) is 2.02. The standard InChI is InChI=1S/C16H23NO3/c1-4-14(16(19)20)17-15(18)7-5-6-13-9-8-11(2)12(3)10-13/h8-10,14H,4-7H2,1-3H3,(H,17,18)(H,19,20). The first-order valence-electron chi connectivity index (χ1n) is 7.02. The molecule has 110 valence electrons. The molecule has 20 heavy (non-hydrogen) atoms. The number of benzene rings is 1. The van der Waals surface area contributed by atoms with Gasteiger partial charge in [0.2, 0.25) is 5.91 Å². The van der Waals surface area contributed by atoms with Crippen molar-refractivity contribution in [1.82, 2.24) is 5.32 Å². The van der Waals surface area contributed by atoms with Gasteiger partial charge in [-0.15, -0.1) is 0 Å². The molecule has 1 atom stereocenters. The van der Waals surface area contributed by atoms with Gasteiger partial charge in [-0.2, -0.15) is 0 Å². The molecule has 4 heteroatoms. The zero-order chi connectivity index (χ0) is 15.1. The maximum Gasteiger partial charge on any atom is 0.326 e. The molecular weight excluding hydrogens is 254 g/mol. The maximum absolute atomic E-state index is 11.7. The third kappa shape index (κ3) is 5.03. The summed E-state index contributed by atoms with van der Waals surface area (Å²) in [5.74, 6) is -1.17. The Morgan fingerprint density at radius 1 is 1.25 bits per heavy atom. The van der Waals surface area contributed by atoms with Crippen LogP contribution >= 0.6 is 0 Å². The van der Waals surface area contributed by atoms with E-state index in [1.165, 1.54) is 16.7 Å². The summed E-state index contributed by atoms with van der Waals surface area (Å²) in [5.41, 5.74) is 3.73. The van der Waals surface area contributed by atoms with Crippen molar-refractivity contribution in [1.29, 1.82) is 0 Å². The van der Waals surface area contributed by atoms with Crippen molar-refractivity contribution in [3.8, 4) is 0 Å². The van der Waals surface area contributed by atoms with Gasteiger partial charge in [-0.25, -0.2) is 4.79 Å². The van der Waals surface area contributed by atoms with E-state index in [0.717, 1.165) is 12.8 Å². The number of carboxylic acids is 1. The zero-order valence-corrected chi connectivity index (χ0v) is 12.4. The lowest BCUT2D eigenvalue weighted by atomic mass is 10.0. The highest BCUT2D eigenvalue weighted by Crippen LogP contribution is 2.12. The Balaban J connectivity index is 2.38. The molecule has 1 aromatic rings. The summed E-state index contributed by atoms with van der Waals surface area (Å²) in [6.07, 6.45) is 2.32. The van der Waals surface area contributed by atoms with Crippen molar-refractivity contribution in [2.45, 2.75) is 52.5 Å².